The van der Waals surface area contributed by atoms with E-state index in [1.54, 1.807) is 0 Å². The number of anilines is 1. The number of benzene rings is 1. The maximum atomic E-state index is 12.7. The van der Waals surface area contributed by atoms with Crippen molar-refractivity contribution < 1.29 is 4.74 Å². The molecule has 0 saturated carbocycles. The molecule has 0 radical (unpaired) electrons. The maximum absolute atomic E-state index is 12.7. The summed E-state index contributed by atoms with van der Waals surface area (Å²) >= 11 is 0. The van der Waals surface area contributed by atoms with E-state index in [4.69, 9.17) is 14.7 Å². The number of hydrogen-bond donors (Lipinski definition) is 1. The van der Waals surface area contributed by atoms with Crippen LogP contribution in [0.4, 0.5) is 5.95 Å². The van der Waals surface area contributed by atoms with E-state index in [0.717, 1.165) is 54.0 Å². The van der Waals surface area contributed by atoms with Crippen LogP contribution in [0, 0.1) is 0 Å². The van der Waals surface area contributed by atoms with E-state index in [1.165, 1.54) is 0 Å². The van der Waals surface area contributed by atoms with E-state index in [9.17, 15) is 4.79 Å². The summed E-state index contributed by atoms with van der Waals surface area (Å²) in [5, 5.41) is 1.15. The molecular weight excluding hydrogens is 378 g/mol. The van der Waals surface area contributed by atoms with E-state index >= 15 is 0 Å². The number of nitrogens with zero attached hydrogens (tertiary/aromatic N) is 4. The van der Waals surface area contributed by atoms with Crippen LogP contribution in [-0.4, -0.2) is 51.7 Å². The summed E-state index contributed by atoms with van der Waals surface area (Å²) in [6.07, 6.45) is 0.942. The van der Waals surface area contributed by atoms with Crippen molar-refractivity contribution in [2.45, 2.75) is 45.6 Å². The van der Waals surface area contributed by atoms with Crippen LogP contribution in [0.5, 0.6) is 0 Å². The van der Waals surface area contributed by atoms with E-state index in [-0.39, 0.29) is 17.8 Å². The first-order valence-electron chi connectivity index (χ1n) is 10.6. The monoisotopic (exact) mass is 405 g/mol. The average Bonchev–Trinajstić information content (AvgIpc) is 2.73. The van der Waals surface area contributed by atoms with Crippen LogP contribution < -0.4 is 10.5 Å². The lowest BCUT2D eigenvalue weighted by atomic mass is 10.1. The molecule has 0 spiro atoms. The van der Waals surface area contributed by atoms with Gasteiger partial charge in [-0.2, -0.15) is 0 Å². The van der Waals surface area contributed by atoms with E-state index in [0.29, 0.717) is 18.9 Å². The molecule has 0 aliphatic carbocycles. The van der Waals surface area contributed by atoms with Gasteiger partial charge in [-0.25, -0.2) is 4.98 Å². The summed E-state index contributed by atoms with van der Waals surface area (Å²) in [6.45, 7) is 7.82. The van der Waals surface area contributed by atoms with Crippen LogP contribution in [0.1, 0.15) is 30.8 Å². The van der Waals surface area contributed by atoms with Crippen molar-refractivity contribution in [3.63, 3.8) is 0 Å². The molecule has 1 saturated heterocycles. The van der Waals surface area contributed by atoms with Crippen LogP contribution in [0.2, 0.25) is 0 Å². The molecule has 5 rings (SSSR count). The number of rotatable bonds is 3. The number of para-hydroxylation sites is 1. The molecule has 7 heteroatoms. The van der Waals surface area contributed by atoms with Gasteiger partial charge in [0.25, 0.3) is 5.56 Å². The van der Waals surface area contributed by atoms with Crippen molar-refractivity contribution in [1.82, 2.24) is 19.9 Å². The van der Waals surface area contributed by atoms with Gasteiger partial charge >= 0.3 is 0 Å². The molecule has 2 atom stereocenters. The number of ether oxygens (including phenoxy) is 1. The largest absolute Gasteiger partial charge is 0.372 e. The van der Waals surface area contributed by atoms with Crippen LogP contribution in [0.25, 0.3) is 10.9 Å². The molecular formula is C23H27N5O2. The second-order valence-electron chi connectivity index (χ2n) is 8.43. The summed E-state index contributed by atoms with van der Waals surface area (Å²) in [5.74, 6) is 0.659. The van der Waals surface area contributed by atoms with Crippen LogP contribution >= 0.6 is 0 Å². The molecule has 2 aliphatic rings. The summed E-state index contributed by atoms with van der Waals surface area (Å²) in [4.78, 5) is 29.8. The van der Waals surface area contributed by atoms with Crippen LogP contribution in [0.15, 0.2) is 41.2 Å². The number of aromatic nitrogens is 3. The first-order chi connectivity index (χ1) is 14.5. The zero-order valence-electron chi connectivity index (χ0n) is 17.5. The standard InChI is InChI=1S/C23H27N5O2/c1-15-11-28(12-16(2)30-15)23-25-21-14-27(10-9-19(21)22(29)26-23)13-18-8-7-17-5-3-4-6-20(17)24-18/h3-8,15-16H,9-14H2,1-2H3,(H,25,26,29)/t15-,16-/m1/s1. The van der Waals surface area contributed by atoms with Gasteiger partial charge in [-0.05, 0) is 32.4 Å². The molecule has 2 aromatic heterocycles. The van der Waals surface area contributed by atoms with Gasteiger partial charge in [0.1, 0.15) is 0 Å². The third-order valence-electron chi connectivity index (χ3n) is 5.90. The average molecular weight is 406 g/mol. The molecule has 30 heavy (non-hydrogen) atoms. The van der Waals surface area contributed by atoms with Crippen molar-refractivity contribution >= 4 is 16.9 Å². The molecule has 7 nitrogen and oxygen atoms in total. The normalized spacial score (nSPS) is 22.3. The number of nitrogens with one attached hydrogen (secondary N) is 1. The van der Waals surface area contributed by atoms with Gasteiger partial charge in [-0.15, -0.1) is 0 Å². The van der Waals surface area contributed by atoms with Gasteiger partial charge in [-0.3, -0.25) is 19.7 Å². The number of H-pyrrole nitrogens is 1. The van der Waals surface area contributed by atoms with Crippen molar-refractivity contribution in [2.75, 3.05) is 24.5 Å². The molecule has 0 unspecified atom stereocenters. The van der Waals surface area contributed by atoms with Crippen LogP contribution in [0.3, 0.4) is 0 Å². The Labute approximate surface area is 175 Å². The molecule has 4 heterocycles. The highest BCUT2D eigenvalue weighted by Gasteiger charge is 2.27. The van der Waals surface area contributed by atoms with Gasteiger partial charge in [0.2, 0.25) is 5.95 Å². The van der Waals surface area contributed by atoms with Gasteiger partial charge in [0, 0.05) is 43.7 Å². The topological polar surface area (TPSA) is 74.4 Å². The predicted molar refractivity (Wildman–Crippen MR) is 117 cm³/mol. The number of hydrogen-bond acceptors (Lipinski definition) is 6. The highest BCUT2D eigenvalue weighted by molar-refractivity contribution is 5.78. The Morgan fingerprint density at radius 2 is 1.90 bits per heavy atom. The zero-order valence-corrected chi connectivity index (χ0v) is 17.5. The van der Waals surface area contributed by atoms with Crippen LogP contribution in [-0.2, 0) is 24.2 Å². The highest BCUT2D eigenvalue weighted by atomic mass is 16.5. The Bertz CT molecular complexity index is 1120. The number of morpholine rings is 1. The summed E-state index contributed by atoms with van der Waals surface area (Å²) in [5.41, 5.74) is 3.74. The first kappa shape index (κ1) is 19.2. The lowest BCUT2D eigenvalue weighted by Crippen LogP contribution is -2.47. The van der Waals surface area contributed by atoms with Gasteiger partial charge in [0.05, 0.1) is 29.1 Å². The van der Waals surface area contributed by atoms with Gasteiger partial charge in [-0.1, -0.05) is 24.3 Å². The Balaban J connectivity index is 1.37. The number of pyridine rings is 1. The van der Waals surface area contributed by atoms with Crippen molar-refractivity contribution in [3.05, 3.63) is 63.7 Å². The summed E-state index contributed by atoms with van der Waals surface area (Å²) in [7, 11) is 0. The lowest BCUT2D eigenvalue weighted by molar-refractivity contribution is -0.00576. The number of fused-ring (bicyclic) bond motifs is 2. The molecule has 2 aliphatic heterocycles. The van der Waals surface area contributed by atoms with Gasteiger partial charge < -0.3 is 9.64 Å². The Kier molecular flexibility index (Phi) is 5.00. The van der Waals surface area contributed by atoms with Gasteiger partial charge in [0.15, 0.2) is 0 Å². The fraction of sp³-hybridized carbons (Fsp3) is 0.435. The second kappa shape index (κ2) is 7.81. The molecule has 3 aromatic rings. The molecule has 156 valence electrons. The molecule has 1 fully saturated rings. The van der Waals surface area contributed by atoms with Crippen molar-refractivity contribution in [3.8, 4) is 0 Å². The maximum Gasteiger partial charge on any atom is 0.255 e. The Morgan fingerprint density at radius 3 is 2.73 bits per heavy atom. The smallest absolute Gasteiger partial charge is 0.255 e. The third kappa shape index (κ3) is 3.82. The predicted octanol–water partition coefficient (Wildman–Crippen LogP) is 2.49. The Morgan fingerprint density at radius 1 is 1.10 bits per heavy atom. The minimum atomic E-state index is -0.00900. The molecule has 1 aromatic carbocycles. The molecule has 1 N–H and O–H groups in total. The summed E-state index contributed by atoms with van der Waals surface area (Å²) in [6, 6.07) is 12.4. The van der Waals surface area contributed by atoms with E-state index < -0.39 is 0 Å². The van der Waals surface area contributed by atoms with Crippen molar-refractivity contribution in [2.24, 2.45) is 0 Å². The Hall–Kier alpha value is -2.77. The lowest BCUT2D eigenvalue weighted by Gasteiger charge is -2.36. The minimum Gasteiger partial charge on any atom is -0.372 e. The zero-order chi connectivity index (χ0) is 20.7. The minimum absolute atomic E-state index is 0.00900. The first-order valence-corrected chi connectivity index (χ1v) is 10.6. The fourth-order valence-corrected chi connectivity index (χ4v) is 4.54. The highest BCUT2D eigenvalue weighted by Crippen LogP contribution is 2.21. The van der Waals surface area contributed by atoms with Crippen molar-refractivity contribution in [1.29, 1.82) is 0 Å². The molecule has 0 amide bonds. The fourth-order valence-electron chi connectivity index (χ4n) is 4.54. The SMILES string of the molecule is C[C@@H]1CN(c2nc3c(c(=O)[nH]2)CCN(Cc2ccc4ccccc4n2)C3)C[C@@H](C)O1. The summed E-state index contributed by atoms with van der Waals surface area (Å²) < 4.78 is 5.82. The van der Waals surface area contributed by atoms with E-state index in [2.05, 4.69) is 46.8 Å². The van der Waals surface area contributed by atoms with E-state index in [1.807, 2.05) is 18.2 Å². The molecule has 0 bridgehead atoms. The third-order valence-corrected chi connectivity index (χ3v) is 5.90. The second-order valence-corrected chi connectivity index (χ2v) is 8.43. The number of aromatic amines is 1. The quantitative estimate of drug-likeness (QED) is 0.722.